The van der Waals surface area contributed by atoms with E-state index in [2.05, 4.69) is 26.7 Å². The molecule has 0 nitrogen and oxygen atoms in total. The normalized spacial score (nSPS) is 43.2. The van der Waals surface area contributed by atoms with Crippen molar-refractivity contribution in [2.45, 2.75) is 46.5 Å². The van der Waals surface area contributed by atoms with Crippen molar-refractivity contribution in [3.8, 4) is 12.3 Å². The zero-order chi connectivity index (χ0) is 9.19. The summed E-state index contributed by atoms with van der Waals surface area (Å²) >= 11 is 0. The molecule has 2 atom stereocenters. The molecule has 1 saturated carbocycles. The van der Waals surface area contributed by atoms with Gasteiger partial charge in [-0.1, -0.05) is 26.7 Å². The van der Waals surface area contributed by atoms with Crippen LogP contribution in [0.4, 0.5) is 0 Å². The summed E-state index contributed by atoms with van der Waals surface area (Å²) in [5.41, 5.74) is 0.176. The zero-order valence-electron chi connectivity index (χ0n) is 8.56. The lowest BCUT2D eigenvalue weighted by atomic mass is 9.79. The van der Waals surface area contributed by atoms with Crippen LogP contribution in [0.3, 0.4) is 0 Å². The number of hydrogen-bond acceptors (Lipinski definition) is 0. The van der Waals surface area contributed by atoms with E-state index in [-0.39, 0.29) is 5.41 Å². The SMILES string of the molecule is C#CC1(C)CC(C)CCC(C)C1. The third-order valence-corrected chi connectivity index (χ3v) is 3.10. The van der Waals surface area contributed by atoms with Crippen molar-refractivity contribution in [2.75, 3.05) is 0 Å². The Morgan fingerprint density at radius 3 is 1.92 bits per heavy atom. The van der Waals surface area contributed by atoms with Crippen molar-refractivity contribution in [1.82, 2.24) is 0 Å². The smallest absolute Gasteiger partial charge is 0.0289 e. The van der Waals surface area contributed by atoms with Crippen LogP contribution in [-0.2, 0) is 0 Å². The minimum Gasteiger partial charge on any atom is -0.120 e. The van der Waals surface area contributed by atoms with Crippen molar-refractivity contribution in [2.24, 2.45) is 17.3 Å². The van der Waals surface area contributed by atoms with Gasteiger partial charge in [-0.15, -0.1) is 12.3 Å². The fourth-order valence-electron chi connectivity index (χ4n) is 2.51. The Morgan fingerprint density at radius 2 is 1.58 bits per heavy atom. The highest BCUT2D eigenvalue weighted by molar-refractivity contribution is 5.05. The summed E-state index contributed by atoms with van der Waals surface area (Å²) in [7, 11) is 0. The second kappa shape index (κ2) is 3.52. The molecule has 0 bridgehead atoms. The minimum absolute atomic E-state index is 0.176. The van der Waals surface area contributed by atoms with Gasteiger partial charge < -0.3 is 0 Å². The third-order valence-electron chi connectivity index (χ3n) is 3.10. The van der Waals surface area contributed by atoms with Crippen molar-refractivity contribution in [3.63, 3.8) is 0 Å². The van der Waals surface area contributed by atoms with E-state index in [4.69, 9.17) is 6.42 Å². The Labute approximate surface area is 76.7 Å². The molecule has 0 N–H and O–H groups in total. The maximum absolute atomic E-state index is 5.58. The lowest BCUT2D eigenvalue weighted by Gasteiger charge is -2.25. The van der Waals surface area contributed by atoms with Gasteiger partial charge in [0.2, 0.25) is 0 Å². The van der Waals surface area contributed by atoms with Crippen LogP contribution in [-0.4, -0.2) is 0 Å². The summed E-state index contributed by atoms with van der Waals surface area (Å²) in [5.74, 6) is 4.61. The fraction of sp³-hybridized carbons (Fsp3) is 0.833. The predicted molar refractivity (Wildman–Crippen MR) is 53.7 cm³/mol. The molecule has 0 aromatic carbocycles. The molecule has 12 heavy (non-hydrogen) atoms. The maximum atomic E-state index is 5.58. The van der Waals surface area contributed by atoms with E-state index < -0.39 is 0 Å². The van der Waals surface area contributed by atoms with Crippen molar-refractivity contribution in [1.29, 1.82) is 0 Å². The average Bonchev–Trinajstić information content (AvgIpc) is 2.11. The number of rotatable bonds is 0. The van der Waals surface area contributed by atoms with Gasteiger partial charge in [-0.3, -0.25) is 0 Å². The molecule has 1 aliphatic rings. The first kappa shape index (κ1) is 9.65. The maximum Gasteiger partial charge on any atom is 0.0289 e. The van der Waals surface area contributed by atoms with Gasteiger partial charge in [-0.2, -0.15) is 0 Å². The predicted octanol–water partition coefficient (Wildman–Crippen LogP) is 3.47. The zero-order valence-corrected chi connectivity index (χ0v) is 8.56. The van der Waals surface area contributed by atoms with Gasteiger partial charge in [0.05, 0.1) is 0 Å². The molecule has 1 rings (SSSR count). The van der Waals surface area contributed by atoms with E-state index in [1.807, 2.05) is 0 Å². The molecule has 0 aromatic rings. The van der Waals surface area contributed by atoms with Crippen LogP contribution < -0.4 is 0 Å². The van der Waals surface area contributed by atoms with Gasteiger partial charge in [-0.25, -0.2) is 0 Å². The lowest BCUT2D eigenvalue weighted by Crippen LogP contribution is -2.17. The second-order valence-electron chi connectivity index (χ2n) is 4.90. The number of hydrogen-bond donors (Lipinski definition) is 0. The summed E-state index contributed by atoms with van der Waals surface area (Å²) in [5, 5.41) is 0. The number of terminal acetylenes is 1. The van der Waals surface area contributed by atoms with Crippen molar-refractivity contribution >= 4 is 0 Å². The molecule has 0 radical (unpaired) electrons. The van der Waals surface area contributed by atoms with Crippen molar-refractivity contribution in [3.05, 3.63) is 0 Å². The van der Waals surface area contributed by atoms with Crippen LogP contribution in [0.25, 0.3) is 0 Å². The van der Waals surface area contributed by atoms with Gasteiger partial charge in [-0.05, 0) is 31.6 Å². The lowest BCUT2D eigenvalue weighted by molar-refractivity contribution is 0.313. The van der Waals surface area contributed by atoms with E-state index in [1.54, 1.807) is 0 Å². The first-order chi connectivity index (χ1) is 5.56. The molecular formula is C12H20. The molecule has 1 fully saturated rings. The Bertz CT molecular complexity index is 173. The van der Waals surface area contributed by atoms with Crippen LogP contribution >= 0.6 is 0 Å². The molecular weight excluding hydrogens is 144 g/mol. The van der Waals surface area contributed by atoms with Crippen LogP contribution in [0.2, 0.25) is 0 Å². The fourth-order valence-corrected chi connectivity index (χ4v) is 2.51. The van der Waals surface area contributed by atoms with Crippen LogP contribution in [0.1, 0.15) is 46.5 Å². The molecule has 0 amide bonds. The summed E-state index contributed by atoms with van der Waals surface area (Å²) < 4.78 is 0. The summed E-state index contributed by atoms with van der Waals surface area (Å²) in [6.45, 7) is 6.90. The first-order valence-corrected chi connectivity index (χ1v) is 5.03. The van der Waals surface area contributed by atoms with E-state index >= 15 is 0 Å². The third kappa shape index (κ3) is 2.27. The standard InChI is InChI=1S/C12H20/c1-5-12(4)8-10(2)6-7-11(3)9-12/h1,10-11H,6-9H2,2-4H3. The highest BCUT2D eigenvalue weighted by Gasteiger charge is 2.29. The minimum atomic E-state index is 0.176. The first-order valence-electron chi connectivity index (χ1n) is 5.03. The highest BCUT2D eigenvalue weighted by Crippen LogP contribution is 2.39. The van der Waals surface area contributed by atoms with E-state index in [0.717, 1.165) is 11.8 Å². The molecule has 0 heterocycles. The van der Waals surface area contributed by atoms with Crippen LogP contribution in [0.5, 0.6) is 0 Å². The monoisotopic (exact) mass is 164 g/mol. The van der Waals surface area contributed by atoms with E-state index in [9.17, 15) is 0 Å². The highest BCUT2D eigenvalue weighted by atomic mass is 14.3. The Kier molecular flexibility index (Phi) is 2.83. The van der Waals surface area contributed by atoms with Crippen LogP contribution in [0, 0.1) is 29.6 Å². The molecule has 68 valence electrons. The molecule has 0 aliphatic heterocycles. The van der Waals surface area contributed by atoms with Gasteiger partial charge in [0.15, 0.2) is 0 Å². The summed E-state index contributed by atoms with van der Waals surface area (Å²) in [6, 6.07) is 0. The Balaban J connectivity index is 2.69. The molecule has 0 saturated heterocycles. The Morgan fingerprint density at radius 1 is 1.17 bits per heavy atom. The largest absolute Gasteiger partial charge is 0.120 e. The quantitative estimate of drug-likeness (QED) is 0.380. The molecule has 0 spiro atoms. The summed E-state index contributed by atoms with van der Waals surface area (Å²) in [4.78, 5) is 0. The van der Waals surface area contributed by atoms with Gasteiger partial charge in [0.25, 0.3) is 0 Å². The van der Waals surface area contributed by atoms with Gasteiger partial charge in [0.1, 0.15) is 0 Å². The molecule has 1 aliphatic carbocycles. The van der Waals surface area contributed by atoms with Crippen molar-refractivity contribution < 1.29 is 0 Å². The van der Waals surface area contributed by atoms with E-state index in [1.165, 1.54) is 25.7 Å². The second-order valence-corrected chi connectivity index (χ2v) is 4.90. The van der Waals surface area contributed by atoms with Gasteiger partial charge in [0, 0.05) is 5.41 Å². The molecule has 2 unspecified atom stereocenters. The van der Waals surface area contributed by atoms with E-state index in [0.29, 0.717) is 0 Å². The van der Waals surface area contributed by atoms with Crippen LogP contribution in [0.15, 0.2) is 0 Å². The Hall–Kier alpha value is -0.440. The average molecular weight is 164 g/mol. The summed E-state index contributed by atoms with van der Waals surface area (Å²) in [6.07, 6.45) is 10.7. The van der Waals surface area contributed by atoms with Gasteiger partial charge >= 0.3 is 0 Å². The molecule has 0 heteroatoms. The molecule has 0 aromatic heterocycles. The topological polar surface area (TPSA) is 0 Å².